The topological polar surface area (TPSA) is 76.4 Å². The summed E-state index contributed by atoms with van der Waals surface area (Å²) in [5.74, 6) is 1.88. The molecule has 142 valence electrons. The zero-order chi connectivity index (χ0) is 19.2. The minimum absolute atomic E-state index is 0.169. The summed E-state index contributed by atoms with van der Waals surface area (Å²) in [6, 6.07) is 12.7. The van der Waals surface area contributed by atoms with Crippen LogP contribution in [-0.4, -0.2) is 43.0 Å². The predicted octanol–water partition coefficient (Wildman–Crippen LogP) is 2.83. The normalized spacial score (nSPS) is 13.4. The third-order valence-electron chi connectivity index (χ3n) is 4.13. The molecule has 0 spiro atoms. The standard InChI is InChI=1S/C19H22N4O2S2/c1-26-11-9-16(18-22-21-17-8-3-4-10-23(17)18)20-19(24)15-7-5-6-14(12-15)13-27(2)25/h3-8,10,12,16H,9,11,13H2,1-2H3,(H,20,24). The average molecular weight is 403 g/mol. The highest BCUT2D eigenvalue weighted by Gasteiger charge is 2.21. The third-order valence-corrected chi connectivity index (χ3v) is 5.51. The van der Waals surface area contributed by atoms with Crippen molar-refractivity contribution in [2.75, 3.05) is 18.3 Å². The molecule has 2 aromatic heterocycles. The van der Waals surface area contributed by atoms with Crippen molar-refractivity contribution >= 4 is 34.1 Å². The van der Waals surface area contributed by atoms with Gasteiger partial charge in [0.05, 0.1) is 6.04 Å². The van der Waals surface area contributed by atoms with Gasteiger partial charge in [-0.05, 0) is 48.3 Å². The predicted molar refractivity (Wildman–Crippen MR) is 110 cm³/mol. The quantitative estimate of drug-likeness (QED) is 0.627. The van der Waals surface area contributed by atoms with Crippen molar-refractivity contribution in [3.8, 4) is 0 Å². The van der Waals surface area contributed by atoms with Gasteiger partial charge in [0, 0.05) is 34.6 Å². The van der Waals surface area contributed by atoms with Gasteiger partial charge in [0.2, 0.25) is 0 Å². The van der Waals surface area contributed by atoms with E-state index in [0.717, 1.165) is 29.2 Å². The van der Waals surface area contributed by atoms with E-state index in [4.69, 9.17) is 0 Å². The highest BCUT2D eigenvalue weighted by molar-refractivity contribution is 7.98. The molecule has 0 radical (unpaired) electrons. The van der Waals surface area contributed by atoms with E-state index < -0.39 is 10.8 Å². The Kier molecular flexibility index (Phi) is 6.63. The van der Waals surface area contributed by atoms with Crippen LogP contribution in [-0.2, 0) is 16.6 Å². The summed E-state index contributed by atoms with van der Waals surface area (Å²) in [5, 5.41) is 11.6. The first-order chi connectivity index (χ1) is 13.1. The van der Waals surface area contributed by atoms with Crippen LogP contribution in [0.4, 0.5) is 0 Å². The maximum atomic E-state index is 12.8. The van der Waals surface area contributed by atoms with Crippen molar-refractivity contribution in [3.05, 3.63) is 65.6 Å². The lowest BCUT2D eigenvalue weighted by atomic mass is 10.1. The number of hydrogen-bond donors (Lipinski definition) is 1. The molecule has 0 saturated heterocycles. The molecule has 1 amide bonds. The van der Waals surface area contributed by atoms with Gasteiger partial charge in [-0.2, -0.15) is 11.8 Å². The summed E-state index contributed by atoms with van der Waals surface area (Å²) in [6.07, 6.45) is 6.35. The molecule has 0 bridgehead atoms. The molecule has 2 atom stereocenters. The Balaban J connectivity index is 1.84. The molecule has 1 N–H and O–H groups in total. The molecule has 3 aromatic rings. The van der Waals surface area contributed by atoms with Crippen molar-refractivity contribution < 1.29 is 9.00 Å². The third kappa shape index (κ3) is 4.95. The molecule has 2 heterocycles. The lowest BCUT2D eigenvalue weighted by Crippen LogP contribution is -2.30. The minimum Gasteiger partial charge on any atom is -0.342 e. The Morgan fingerprint density at radius 3 is 2.89 bits per heavy atom. The molecule has 6 nitrogen and oxygen atoms in total. The van der Waals surface area contributed by atoms with Crippen molar-refractivity contribution in [1.82, 2.24) is 19.9 Å². The second kappa shape index (κ2) is 9.14. The summed E-state index contributed by atoms with van der Waals surface area (Å²) in [5.41, 5.74) is 2.20. The Morgan fingerprint density at radius 2 is 2.11 bits per heavy atom. The molecule has 0 fully saturated rings. The number of thioether (sulfide) groups is 1. The highest BCUT2D eigenvalue weighted by atomic mass is 32.2. The molecule has 2 unspecified atom stereocenters. The number of fused-ring (bicyclic) bond motifs is 1. The monoisotopic (exact) mass is 402 g/mol. The van der Waals surface area contributed by atoms with Crippen LogP contribution in [0, 0.1) is 0 Å². The molecule has 0 aliphatic rings. The van der Waals surface area contributed by atoms with E-state index in [1.807, 2.05) is 47.2 Å². The number of rotatable bonds is 8. The van der Waals surface area contributed by atoms with E-state index in [1.54, 1.807) is 30.2 Å². The van der Waals surface area contributed by atoms with E-state index >= 15 is 0 Å². The molecule has 8 heteroatoms. The molecule has 0 saturated carbocycles. The van der Waals surface area contributed by atoms with Crippen molar-refractivity contribution in [3.63, 3.8) is 0 Å². The van der Waals surface area contributed by atoms with Crippen LogP contribution in [0.15, 0.2) is 48.7 Å². The number of hydrogen-bond acceptors (Lipinski definition) is 5. The number of aromatic nitrogens is 3. The van der Waals surface area contributed by atoms with Crippen LogP contribution in [0.25, 0.3) is 5.65 Å². The zero-order valence-electron chi connectivity index (χ0n) is 15.3. The zero-order valence-corrected chi connectivity index (χ0v) is 16.9. The fraction of sp³-hybridized carbons (Fsp3) is 0.316. The van der Waals surface area contributed by atoms with Crippen LogP contribution < -0.4 is 5.32 Å². The van der Waals surface area contributed by atoms with E-state index in [9.17, 15) is 9.00 Å². The van der Waals surface area contributed by atoms with Crippen LogP contribution in [0.3, 0.4) is 0 Å². The van der Waals surface area contributed by atoms with Gasteiger partial charge in [0.15, 0.2) is 11.5 Å². The molecular formula is C19H22N4O2S2. The van der Waals surface area contributed by atoms with Crippen molar-refractivity contribution in [2.45, 2.75) is 18.2 Å². The van der Waals surface area contributed by atoms with Gasteiger partial charge in [-0.15, -0.1) is 10.2 Å². The maximum absolute atomic E-state index is 12.8. The van der Waals surface area contributed by atoms with E-state index in [1.165, 1.54) is 0 Å². The first kappa shape index (κ1) is 19.6. The Bertz CT molecular complexity index is 958. The van der Waals surface area contributed by atoms with Gasteiger partial charge in [-0.3, -0.25) is 13.4 Å². The molecule has 0 aliphatic heterocycles. The lowest BCUT2D eigenvalue weighted by molar-refractivity contribution is 0.0933. The first-order valence-electron chi connectivity index (χ1n) is 8.57. The molecule has 1 aromatic carbocycles. The Hall–Kier alpha value is -2.19. The fourth-order valence-electron chi connectivity index (χ4n) is 2.88. The van der Waals surface area contributed by atoms with Crippen LogP contribution >= 0.6 is 11.8 Å². The molecule has 0 aliphatic carbocycles. The number of pyridine rings is 1. The van der Waals surface area contributed by atoms with Gasteiger partial charge in [0.1, 0.15) is 0 Å². The summed E-state index contributed by atoms with van der Waals surface area (Å²) in [7, 11) is -0.949. The number of nitrogens with one attached hydrogen (secondary N) is 1. The Labute approximate surface area is 165 Å². The summed E-state index contributed by atoms with van der Waals surface area (Å²) < 4.78 is 13.4. The van der Waals surface area contributed by atoms with E-state index in [2.05, 4.69) is 15.5 Å². The second-order valence-electron chi connectivity index (χ2n) is 6.21. The van der Waals surface area contributed by atoms with Gasteiger partial charge in [-0.1, -0.05) is 18.2 Å². The molecule has 27 heavy (non-hydrogen) atoms. The van der Waals surface area contributed by atoms with Gasteiger partial charge in [0.25, 0.3) is 5.91 Å². The van der Waals surface area contributed by atoms with Crippen LogP contribution in [0.2, 0.25) is 0 Å². The highest BCUT2D eigenvalue weighted by Crippen LogP contribution is 2.19. The first-order valence-corrected chi connectivity index (χ1v) is 11.7. The number of carbonyl (C=O) groups is 1. The molecular weight excluding hydrogens is 380 g/mol. The van der Waals surface area contributed by atoms with Gasteiger partial charge in [-0.25, -0.2) is 0 Å². The van der Waals surface area contributed by atoms with Crippen LogP contribution in [0.1, 0.15) is 34.2 Å². The van der Waals surface area contributed by atoms with Gasteiger partial charge < -0.3 is 5.32 Å². The summed E-state index contributed by atoms with van der Waals surface area (Å²) in [6.45, 7) is 0. The average Bonchev–Trinajstić information content (AvgIpc) is 3.08. The number of benzene rings is 1. The number of carbonyl (C=O) groups excluding carboxylic acids is 1. The molecule has 3 rings (SSSR count). The van der Waals surface area contributed by atoms with Crippen molar-refractivity contribution in [2.24, 2.45) is 0 Å². The SMILES string of the molecule is CSCCC(NC(=O)c1cccc(CS(C)=O)c1)c1nnc2ccccn12. The minimum atomic E-state index is -0.949. The smallest absolute Gasteiger partial charge is 0.251 e. The van der Waals surface area contributed by atoms with Crippen molar-refractivity contribution in [1.29, 1.82) is 0 Å². The maximum Gasteiger partial charge on any atom is 0.251 e. The largest absolute Gasteiger partial charge is 0.342 e. The lowest BCUT2D eigenvalue weighted by Gasteiger charge is -2.17. The second-order valence-corrected chi connectivity index (χ2v) is 8.63. The summed E-state index contributed by atoms with van der Waals surface area (Å²) >= 11 is 1.72. The fourth-order valence-corrected chi connectivity index (χ4v) is 4.00. The Morgan fingerprint density at radius 1 is 1.26 bits per heavy atom. The van der Waals surface area contributed by atoms with Crippen LogP contribution in [0.5, 0.6) is 0 Å². The van der Waals surface area contributed by atoms with E-state index in [-0.39, 0.29) is 11.9 Å². The van der Waals surface area contributed by atoms with Gasteiger partial charge >= 0.3 is 0 Å². The van der Waals surface area contributed by atoms with E-state index in [0.29, 0.717) is 11.3 Å². The number of amides is 1. The number of nitrogens with zero attached hydrogens (tertiary/aromatic N) is 3. The summed E-state index contributed by atoms with van der Waals surface area (Å²) in [4.78, 5) is 12.8.